The number of halogens is 1. The number of nitrogens with one attached hydrogen (secondary N) is 1. The zero-order chi connectivity index (χ0) is 19.6. The van der Waals surface area contributed by atoms with Gasteiger partial charge in [-0.1, -0.05) is 31.0 Å². The van der Waals surface area contributed by atoms with Gasteiger partial charge in [-0.3, -0.25) is 9.36 Å². The highest BCUT2D eigenvalue weighted by Gasteiger charge is 2.23. The summed E-state index contributed by atoms with van der Waals surface area (Å²) >= 11 is 6.23. The van der Waals surface area contributed by atoms with Crippen molar-refractivity contribution in [1.82, 2.24) is 19.9 Å². The highest BCUT2D eigenvalue weighted by atomic mass is 35.5. The second-order valence-corrected chi connectivity index (χ2v) is 6.38. The van der Waals surface area contributed by atoms with E-state index in [0.717, 1.165) is 0 Å². The van der Waals surface area contributed by atoms with Crippen LogP contribution in [0.3, 0.4) is 0 Å². The van der Waals surface area contributed by atoms with Gasteiger partial charge in [0.15, 0.2) is 0 Å². The molecule has 2 aromatic heterocycles. The predicted octanol–water partition coefficient (Wildman–Crippen LogP) is 3.13. The van der Waals surface area contributed by atoms with Crippen LogP contribution in [0.1, 0.15) is 31.6 Å². The third-order valence-corrected chi connectivity index (χ3v) is 4.40. The molecule has 27 heavy (non-hydrogen) atoms. The van der Waals surface area contributed by atoms with Crippen molar-refractivity contribution in [2.75, 3.05) is 5.73 Å². The first kappa shape index (κ1) is 18.7. The molecule has 1 aromatic carbocycles. The summed E-state index contributed by atoms with van der Waals surface area (Å²) in [6.45, 7) is 1.92. The summed E-state index contributed by atoms with van der Waals surface area (Å²) < 4.78 is 1.33. The molecule has 0 saturated carbocycles. The van der Waals surface area contributed by atoms with E-state index in [1.165, 1.54) is 10.8 Å². The van der Waals surface area contributed by atoms with Crippen LogP contribution in [-0.2, 0) is 0 Å². The van der Waals surface area contributed by atoms with Crippen LogP contribution in [0.5, 0.6) is 0 Å². The maximum atomic E-state index is 13.3. The minimum absolute atomic E-state index is 0.255. The van der Waals surface area contributed by atoms with Crippen LogP contribution in [0.4, 0.5) is 10.6 Å². The number of benzene rings is 1. The summed E-state index contributed by atoms with van der Waals surface area (Å²) in [5.74, 6) is 0.569. The molecule has 0 radical (unpaired) electrons. The monoisotopic (exact) mass is 387 g/mol. The lowest BCUT2D eigenvalue weighted by Crippen LogP contribution is -2.34. The average molecular weight is 388 g/mol. The number of amides is 1. The first-order chi connectivity index (χ1) is 12.9. The Hall–Kier alpha value is -3.13. The molecule has 4 N–H and O–H groups in total. The van der Waals surface area contributed by atoms with E-state index in [1.807, 2.05) is 6.92 Å². The molecule has 140 valence electrons. The lowest BCUT2D eigenvalue weighted by Gasteiger charge is -2.21. The average Bonchev–Trinajstić information content (AvgIpc) is 2.62. The number of nitrogens with two attached hydrogens (primary N) is 1. The van der Waals surface area contributed by atoms with Crippen LogP contribution >= 0.6 is 11.6 Å². The molecule has 0 aliphatic carbocycles. The van der Waals surface area contributed by atoms with Crippen molar-refractivity contribution in [3.63, 3.8) is 0 Å². The van der Waals surface area contributed by atoms with Gasteiger partial charge in [-0.25, -0.2) is 14.8 Å². The fourth-order valence-electron chi connectivity index (χ4n) is 2.92. The van der Waals surface area contributed by atoms with E-state index >= 15 is 0 Å². The van der Waals surface area contributed by atoms with Crippen LogP contribution in [0.2, 0.25) is 5.02 Å². The molecule has 3 rings (SSSR count). The molecule has 8 nitrogen and oxygen atoms in total. The fourth-order valence-corrected chi connectivity index (χ4v) is 3.17. The molecule has 9 heteroatoms. The number of carbonyl (C=O) groups is 1. The van der Waals surface area contributed by atoms with Gasteiger partial charge < -0.3 is 16.2 Å². The van der Waals surface area contributed by atoms with Gasteiger partial charge in [-0.2, -0.15) is 0 Å². The fraction of sp³-hybridized carbons (Fsp3) is 0.222. The van der Waals surface area contributed by atoms with Gasteiger partial charge in [0.2, 0.25) is 0 Å². The lowest BCUT2D eigenvalue weighted by molar-refractivity contribution is 0.188. The smallest absolute Gasteiger partial charge is 0.405 e. The van der Waals surface area contributed by atoms with E-state index in [4.69, 9.17) is 17.3 Å². The van der Waals surface area contributed by atoms with Crippen LogP contribution in [-0.4, -0.2) is 25.7 Å². The Morgan fingerprint density at radius 2 is 2.15 bits per heavy atom. The SMILES string of the molecule is CCCC(NC(=O)O)c1nc2cccc(Cl)c2c(=O)n1-c1ccc(N)nc1. The van der Waals surface area contributed by atoms with Crippen molar-refractivity contribution in [2.45, 2.75) is 25.8 Å². The van der Waals surface area contributed by atoms with E-state index in [1.54, 1.807) is 30.3 Å². The van der Waals surface area contributed by atoms with Crippen molar-refractivity contribution in [1.29, 1.82) is 0 Å². The molecular formula is C18H18ClN5O3. The Balaban J connectivity index is 2.36. The zero-order valence-corrected chi connectivity index (χ0v) is 15.3. The Bertz CT molecular complexity index is 1050. The van der Waals surface area contributed by atoms with Gasteiger partial charge in [0, 0.05) is 0 Å². The highest BCUT2D eigenvalue weighted by Crippen LogP contribution is 2.24. The Morgan fingerprint density at radius 3 is 2.78 bits per heavy atom. The van der Waals surface area contributed by atoms with Gasteiger partial charge >= 0.3 is 6.09 Å². The number of nitrogens with zero attached hydrogens (tertiary/aromatic N) is 3. The van der Waals surface area contributed by atoms with Crippen molar-refractivity contribution < 1.29 is 9.90 Å². The molecular weight excluding hydrogens is 370 g/mol. The standard InChI is InChI=1S/C18H18ClN5O3/c1-2-4-13(23-18(26)27)16-22-12-6-3-5-11(19)15(12)17(25)24(16)10-7-8-14(20)21-9-10/h3,5-9,13,23H,2,4H2,1H3,(H2,20,21)(H,26,27). The van der Waals surface area contributed by atoms with E-state index < -0.39 is 17.7 Å². The molecule has 0 aliphatic rings. The summed E-state index contributed by atoms with van der Waals surface area (Å²) in [7, 11) is 0. The second-order valence-electron chi connectivity index (χ2n) is 5.98. The first-order valence-corrected chi connectivity index (χ1v) is 8.72. The number of nitrogen functional groups attached to an aromatic ring is 1. The molecule has 0 saturated heterocycles. The maximum absolute atomic E-state index is 13.3. The van der Waals surface area contributed by atoms with Gasteiger partial charge in [0.05, 0.1) is 33.9 Å². The normalized spacial score (nSPS) is 12.1. The molecule has 1 amide bonds. The number of aromatic nitrogens is 3. The topological polar surface area (TPSA) is 123 Å². The van der Waals surface area contributed by atoms with Crippen LogP contribution in [0.25, 0.3) is 16.6 Å². The van der Waals surface area contributed by atoms with Crippen LogP contribution in [0.15, 0.2) is 41.3 Å². The van der Waals surface area contributed by atoms with E-state index in [9.17, 15) is 14.7 Å². The zero-order valence-electron chi connectivity index (χ0n) is 14.5. The molecule has 0 bridgehead atoms. The van der Waals surface area contributed by atoms with Gasteiger partial charge in [0.1, 0.15) is 11.6 Å². The summed E-state index contributed by atoms with van der Waals surface area (Å²) in [5, 5.41) is 12.2. The lowest BCUT2D eigenvalue weighted by atomic mass is 10.1. The van der Waals surface area contributed by atoms with Crippen molar-refractivity contribution in [3.05, 3.63) is 57.7 Å². The summed E-state index contributed by atoms with van der Waals surface area (Å²) in [5.41, 5.74) is 6.06. The number of hydrogen-bond donors (Lipinski definition) is 3. The number of anilines is 1. The molecule has 0 aliphatic heterocycles. The maximum Gasteiger partial charge on any atom is 0.405 e. The third-order valence-electron chi connectivity index (χ3n) is 4.09. The predicted molar refractivity (Wildman–Crippen MR) is 103 cm³/mol. The Labute approximate surface area is 159 Å². The molecule has 1 unspecified atom stereocenters. The summed E-state index contributed by atoms with van der Waals surface area (Å²) in [6.07, 6.45) is 1.39. The number of fused-ring (bicyclic) bond motifs is 1. The number of rotatable bonds is 5. The number of hydrogen-bond acceptors (Lipinski definition) is 5. The third kappa shape index (κ3) is 3.70. The van der Waals surface area contributed by atoms with Crippen LogP contribution in [0, 0.1) is 0 Å². The summed E-state index contributed by atoms with van der Waals surface area (Å²) in [6, 6.07) is 7.47. The number of carboxylic acid groups (broad SMARTS) is 1. The van der Waals surface area contributed by atoms with Gasteiger partial charge in [0.25, 0.3) is 5.56 Å². The van der Waals surface area contributed by atoms with Crippen molar-refractivity contribution in [2.24, 2.45) is 0 Å². The van der Waals surface area contributed by atoms with Gasteiger partial charge in [-0.15, -0.1) is 0 Å². The molecule has 1 atom stereocenters. The Kier molecular flexibility index (Phi) is 5.27. The quantitative estimate of drug-likeness (QED) is 0.618. The second kappa shape index (κ2) is 7.63. The minimum atomic E-state index is -1.20. The molecule has 3 aromatic rings. The summed E-state index contributed by atoms with van der Waals surface area (Å²) in [4.78, 5) is 33.1. The van der Waals surface area contributed by atoms with E-state index in [2.05, 4.69) is 15.3 Å². The highest BCUT2D eigenvalue weighted by molar-refractivity contribution is 6.35. The molecule has 0 fully saturated rings. The molecule has 2 heterocycles. The Morgan fingerprint density at radius 1 is 1.37 bits per heavy atom. The minimum Gasteiger partial charge on any atom is -0.465 e. The number of pyridine rings is 1. The van der Waals surface area contributed by atoms with E-state index in [0.29, 0.717) is 29.9 Å². The van der Waals surface area contributed by atoms with E-state index in [-0.39, 0.29) is 16.2 Å². The van der Waals surface area contributed by atoms with Crippen molar-refractivity contribution >= 4 is 34.4 Å². The van der Waals surface area contributed by atoms with Gasteiger partial charge in [-0.05, 0) is 30.7 Å². The first-order valence-electron chi connectivity index (χ1n) is 8.35. The largest absolute Gasteiger partial charge is 0.465 e. The van der Waals surface area contributed by atoms with Crippen LogP contribution < -0.4 is 16.6 Å². The van der Waals surface area contributed by atoms with Crippen molar-refractivity contribution in [3.8, 4) is 5.69 Å². The molecule has 0 spiro atoms.